The molecule has 1 atom stereocenters. The van der Waals surface area contributed by atoms with Crippen LogP contribution in [-0.4, -0.2) is 38.2 Å². The molecular formula is C19H22N2O4. The van der Waals surface area contributed by atoms with Crippen LogP contribution in [0.3, 0.4) is 0 Å². The largest absolute Gasteiger partial charge is 0.483 e. The first-order valence-electron chi connectivity index (χ1n) is 7.96. The lowest BCUT2D eigenvalue weighted by molar-refractivity contribution is -0.124. The maximum atomic E-state index is 12.4. The van der Waals surface area contributed by atoms with E-state index in [-0.39, 0.29) is 24.5 Å². The monoisotopic (exact) mass is 342 g/mol. The molecule has 0 radical (unpaired) electrons. The van der Waals surface area contributed by atoms with Gasteiger partial charge >= 0.3 is 0 Å². The molecule has 2 rings (SSSR count). The molecule has 0 bridgehead atoms. The van der Waals surface area contributed by atoms with Gasteiger partial charge in [0, 0.05) is 18.8 Å². The van der Waals surface area contributed by atoms with E-state index in [0.29, 0.717) is 23.6 Å². The Balaban J connectivity index is 1.98. The first-order chi connectivity index (χ1) is 12.1. The SMILES string of the molecule is COCC(C)NC(=O)COc1ccccc1C(=O)Nc1ccccc1. The summed E-state index contributed by atoms with van der Waals surface area (Å²) in [4.78, 5) is 24.3. The van der Waals surface area contributed by atoms with E-state index in [1.165, 1.54) is 0 Å². The zero-order chi connectivity index (χ0) is 18.1. The third-order valence-electron chi connectivity index (χ3n) is 3.35. The molecule has 0 saturated carbocycles. The molecule has 0 saturated heterocycles. The average Bonchev–Trinajstić information content (AvgIpc) is 2.61. The number of rotatable bonds is 8. The number of methoxy groups -OCH3 is 1. The van der Waals surface area contributed by atoms with Gasteiger partial charge in [0.2, 0.25) is 0 Å². The summed E-state index contributed by atoms with van der Waals surface area (Å²) >= 11 is 0. The van der Waals surface area contributed by atoms with Crippen LogP contribution in [0, 0.1) is 0 Å². The van der Waals surface area contributed by atoms with Gasteiger partial charge in [-0.05, 0) is 31.2 Å². The molecule has 6 nitrogen and oxygen atoms in total. The lowest BCUT2D eigenvalue weighted by atomic mass is 10.2. The Morgan fingerprint density at radius 3 is 2.44 bits per heavy atom. The number of amides is 2. The highest BCUT2D eigenvalue weighted by Gasteiger charge is 2.14. The van der Waals surface area contributed by atoms with E-state index in [0.717, 1.165) is 0 Å². The third-order valence-corrected chi connectivity index (χ3v) is 3.35. The van der Waals surface area contributed by atoms with Gasteiger partial charge in [0.05, 0.1) is 12.2 Å². The van der Waals surface area contributed by atoms with E-state index >= 15 is 0 Å². The second kappa shape index (κ2) is 9.44. The van der Waals surface area contributed by atoms with Gasteiger partial charge < -0.3 is 20.1 Å². The van der Waals surface area contributed by atoms with Crippen molar-refractivity contribution in [3.8, 4) is 5.75 Å². The maximum absolute atomic E-state index is 12.4. The Bertz CT molecular complexity index is 704. The van der Waals surface area contributed by atoms with Crippen molar-refractivity contribution in [2.75, 3.05) is 25.6 Å². The van der Waals surface area contributed by atoms with E-state index in [9.17, 15) is 9.59 Å². The highest BCUT2D eigenvalue weighted by Crippen LogP contribution is 2.19. The van der Waals surface area contributed by atoms with E-state index < -0.39 is 0 Å². The van der Waals surface area contributed by atoms with Crippen LogP contribution in [0.1, 0.15) is 17.3 Å². The van der Waals surface area contributed by atoms with Crippen LogP contribution in [0.2, 0.25) is 0 Å². The van der Waals surface area contributed by atoms with Gasteiger partial charge in [-0.15, -0.1) is 0 Å². The predicted molar refractivity (Wildman–Crippen MR) is 95.8 cm³/mol. The van der Waals surface area contributed by atoms with Crippen LogP contribution in [0.25, 0.3) is 0 Å². The minimum absolute atomic E-state index is 0.113. The zero-order valence-corrected chi connectivity index (χ0v) is 14.3. The molecule has 0 spiro atoms. The van der Waals surface area contributed by atoms with Crippen molar-refractivity contribution in [1.29, 1.82) is 0 Å². The van der Waals surface area contributed by atoms with Crippen LogP contribution in [-0.2, 0) is 9.53 Å². The van der Waals surface area contributed by atoms with Crippen molar-refractivity contribution in [3.05, 3.63) is 60.2 Å². The van der Waals surface area contributed by atoms with Gasteiger partial charge in [-0.25, -0.2) is 0 Å². The molecule has 132 valence electrons. The molecule has 0 aliphatic rings. The smallest absolute Gasteiger partial charge is 0.259 e. The average molecular weight is 342 g/mol. The molecule has 1 unspecified atom stereocenters. The Labute approximate surface area is 147 Å². The number of nitrogens with one attached hydrogen (secondary N) is 2. The van der Waals surface area contributed by atoms with E-state index in [4.69, 9.17) is 9.47 Å². The summed E-state index contributed by atoms with van der Waals surface area (Å²) in [5, 5.41) is 5.55. The maximum Gasteiger partial charge on any atom is 0.259 e. The highest BCUT2D eigenvalue weighted by molar-refractivity contribution is 6.06. The fourth-order valence-corrected chi connectivity index (χ4v) is 2.25. The number of para-hydroxylation sites is 2. The molecule has 0 aromatic heterocycles. The Kier molecular flexibility index (Phi) is 6.98. The number of hydrogen-bond donors (Lipinski definition) is 2. The van der Waals surface area contributed by atoms with Crippen molar-refractivity contribution in [1.82, 2.24) is 5.32 Å². The molecule has 0 aliphatic carbocycles. The molecule has 6 heteroatoms. The van der Waals surface area contributed by atoms with Gasteiger partial charge in [0.1, 0.15) is 5.75 Å². The Hall–Kier alpha value is -2.86. The lowest BCUT2D eigenvalue weighted by Crippen LogP contribution is -2.38. The predicted octanol–water partition coefficient (Wildman–Crippen LogP) is 2.47. The van der Waals surface area contributed by atoms with Crippen molar-refractivity contribution >= 4 is 17.5 Å². The van der Waals surface area contributed by atoms with E-state index in [1.807, 2.05) is 25.1 Å². The Morgan fingerprint density at radius 1 is 1.04 bits per heavy atom. The molecule has 2 aromatic carbocycles. The van der Waals surface area contributed by atoms with Crippen molar-refractivity contribution in [3.63, 3.8) is 0 Å². The highest BCUT2D eigenvalue weighted by atomic mass is 16.5. The second-order valence-electron chi connectivity index (χ2n) is 5.53. The summed E-state index contributed by atoms with van der Waals surface area (Å²) in [6.07, 6.45) is 0. The second-order valence-corrected chi connectivity index (χ2v) is 5.53. The molecule has 0 aliphatic heterocycles. The van der Waals surface area contributed by atoms with Crippen LogP contribution in [0.4, 0.5) is 5.69 Å². The number of carbonyl (C=O) groups excluding carboxylic acids is 2. The van der Waals surface area contributed by atoms with Crippen molar-refractivity contribution in [2.45, 2.75) is 13.0 Å². The molecular weight excluding hydrogens is 320 g/mol. The summed E-state index contributed by atoms with van der Waals surface area (Å²) in [5.41, 5.74) is 1.05. The fraction of sp³-hybridized carbons (Fsp3) is 0.263. The number of benzene rings is 2. The van der Waals surface area contributed by atoms with Gasteiger partial charge in [0.15, 0.2) is 6.61 Å². The first kappa shape index (κ1) is 18.5. The minimum atomic E-state index is -0.296. The molecule has 2 N–H and O–H groups in total. The molecule has 25 heavy (non-hydrogen) atoms. The molecule has 2 amide bonds. The summed E-state index contributed by atoms with van der Waals surface area (Å²) in [5.74, 6) is -0.219. The van der Waals surface area contributed by atoms with Gasteiger partial charge in [-0.3, -0.25) is 9.59 Å². The number of anilines is 1. The topological polar surface area (TPSA) is 76.7 Å². The zero-order valence-electron chi connectivity index (χ0n) is 14.3. The fourth-order valence-electron chi connectivity index (χ4n) is 2.25. The van der Waals surface area contributed by atoms with Crippen molar-refractivity contribution < 1.29 is 19.1 Å². The number of ether oxygens (including phenoxy) is 2. The van der Waals surface area contributed by atoms with Gasteiger partial charge in [-0.2, -0.15) is 0 Å². The summed E-state index contributed by atoms with van der Waals surface area (Å²) in [7, 11) is 1.57. The van der Waals surface area contributed by atoms with E-state index in [1.54, 1.807) is 43.5 Å². The number of hydrogen-bond acceptors (Lipinski definition) is 4. The normalized spacial score (nSPS) is 11.4. The Morgan fingerprint density at radius 2 is 1.72 bits per heavy atom. The van der Waals surface area contributed by atoms with E-state index in [2.05, 4.69) is 10.6 Å². The van der Waals surface area contributed by atoms with Crippen LogP contribution < -0.4 is 15.4 Å². The lowest BCUT2D eigenvalue weighted by Gasteiger charge is -2.14. The summed E-state index contributed by atoms with van der Waals surface area (Å²) in [6.45, 7) is 2.08. The molecule has 2 aromatic rings. The standard InChI is InChI=1S/C19H22N2O4/c1-14(12-24-2)20-18(22)13-25-17-11-7-6-10-16(17)19(23)21-15-8-4-3-5-9-15/h3-11,14H,12-13H2,1-2H3,(H,20,22)(H,21,23). The quantitative estimate of drug-likeness (QED) is 0.773. The molecule has 0 heterocycles. The molecule has 0 fully saturated rings. The van der Waals surface area contributed by atoms with Crippen molar-refractivity contribution in [2.24, 2.45) is 0 Å². The van der Waals surface area contributed by atoms with Gasteiger partial charge in [0.25, 0.3) is 11.8 Å². The van der Waals surface area contributed by atoms with Crippen LogP contribution in [0.15, 0.2) is 54.6 Å². The first-order valence-corrected chi connectivity index (χ1v) is 7.96. The minimum Gasteiger partial charge on any atom is -0.483 e. The number of carbonyl (C=O) groups is 2. The van der Waals surface area contributed by atoms with Crippen LogP contribution in [0.5, 0.6) is 5.75 Å². The van der Waals surface area contributed by atoms with Crippen LogP contribution >= 0.6 is 0 Å². The summed E-state index contributed by atoms with van der Waals surface area (Å²) in [6, 6.07) is 15.8. The third kappa shape index (κ3) is 5.93. The summed E-state index contributed by atoms with van der Waals surface area (Å²) < 4.78 is 10.5. The van der Waals surface area contributed by atoms with Gasteiger partial charge in [-0.1, -0.05) is 30.3 Å².